The van der Waals surface area contributed by atoms with Crippen LogP contribution in [0.1, 0.15) is 38.4 Å². The molecule has 1 atom stereocenters. The number of hydrogen-bond donors (Lipinski definition) is 1. The Morgan fingerprint density at radius 2 is 2.21 bits per heavy atom. The molecule has 0 aromatic carbocycles. The van der Waals surface area contributed by atoms with E-state index in [0.29, 0.717) is 18.2 Å². The van der Waals surface area contributed by atoms with Gasteiger partial charge < -0.3 is 15.4 Å². The van der Waals surface area contributed by atoms with Crippen molar-refractivity contribution in [3.05, 3.63) is 11.9 Å². The van der Waals surface area contributed by atoms with Crippen LogP contribution in [0.2, 0.25) is 0 Å². The summed E-state index contributed by atoms with van der Waals surface area (Å²) in [5.41, 5.74) is 5.86. The molecule has 0 aliphatic carbocycles. The van der Waals surface area contributed by atoms with Gasteiger partial charge in [0.2, 0.25) is 0 Å². The molecular formula is C14H24N4O. The van der Waals surface area contributed by atoms with Gasteiger partial charge in [0.25, 0.3) is 0 Å². The molecule has 1 aromatic rings. The Morgan fingerprint density at radius 3 is 2.95 bits per heavy atom. The summed E-state index contributed by atoms with van der Waals surface area (Å²) >= 11 is 0. The Balaban J connectivity index is 2.12. The Bertz CT molecular complexity index is 410. The van der Waals surface area contributed by atoms with Crippen molar-refractivity contribution in [1.82, 2.24) is 9.97 Å². The summed E-state index contributed by atoms with van der Waals surface area (Å²) in [5, 5.41) is 0. The second-order valence-corrected chi connectivity index (χ2v) is 5.19. The van der Waals surface area contributed by atoms with Crippen molar-refractivity contribution in [2.45, 2.75) is 39.2 Å². The molecule has 0 bridgehead atoms. The Hall–Kier alpha value is -1.36. The molecule has 1 fully saturated rings. The van der Waals surface area contributed by atoms with E-state index >= 15 is 0 Å². The zero-order valence-corrected chi connectivity index (χ0v) is 11.9. The molecule has 1 saturated heterocycles. The average molecular weight is 264 g/mol. The van der Waals surface area contributed by atoms with Crippen LogP contribution in [-0.2, 0) is 11.3 Å². The fraction of sp³-hybridized carbons (Fsp3) is 0.714. The molecule has 19 heavy (non-hydrogen) atoms. The highest BCUT2D eigenvalue weighted by atomic mass is 16.5. The number of ether oxygens (including phenoxy) is 1. The van der Waals surface area contributed by atoms with Crippen LogP contribution >= 0.6 is 0 Å². The van der Waals surface area contributed by atoms with Gasteiger partial charge >= 0.3 is 0 Å². The van der Waals surface area contributed by atoms with Crippen LogP contribution in [0.3, 0.4) is 0 Å². The van der Waals surface area contributed by atoms with Crippen molar-refractivity contribution >= 4 is 11.6 Å². The molecule has 106 valence electrons. The average Bonchev–Trinajstić information content (AvgIpc) is 2.63. The van der Waals surface area contributed by atoms with Crippen molar-refractivity contribution in [2.75, 3.05) is 30.8 Å². The van der Waals surface area contributed by atoms with Crippen LogP contribution < -0.4 is 10.6 Å². The minimum absolute atomic E-state index is 0.406. The lowest BCUT2D eigenvalue weighted by Crippen LogP contribution is -2.26. The monoisotopic (exact) mass is 264 g/mol. The lowest BCUT2D eigenvalue weighted by atomic mass is 9.98. The van der Waals surface area contributed by atoms with Crippen LogP contribution in [-0.4, -0.2) is 30.2 Å². The Labute approximate surface area is 115 Å². The lowest BCUT2D eigenvalue weighted by Gasteiger charge is -2.22. The summed E-state index contributed by atoms with van der Waals surface area (Å²) in [6.07, 6.45) is 5.05. The highest BCUT2D eigenvalue weighted by molar-refractivity contribution is 5.47. The fourth-order valence-electron chi connectivity index (χ4n) is 2.66. The number of rotatable bonds is 4. The van der Waals surface area contributed by atoms with E-state index in [-0.39, 0.29) is 0 Å². The molecule has 0 saturated carbocycles. The van der Waals surface area contributed by atoms with Crippen LogP contribution in [0, 0.1) is 5.92 Å². The number of nitrogens with two attached hydrogens (primary N) is 1. The molecule has 1 aromatic heterocycles. The summed E-state index contributed by atoms with van der Waals surface area (Å²) in [6.45, 7) is 4.80. The number of aromatic nitrogens is 2. The van der Waals surface area contributed by atoms with Gasteiger partial charge in [-0.1, -0.05) is 13.3 Å². The van der Waals surface area contributed by atoms with Crippen LogP contribution in [0.5, 0.6) is 0 Å². The number of anilines is 2. The zero-order valence-electron chi connectivity index (χ0n) is 11.9. The minimum Gasteiger partial charge on any atom is -0.384 e. The second-order valence-electron chi connectivity index (χ2n) is 5.19. The van der Waals surface area contributed by atoms with Crippen LogP contribution in [0.25, 0.3) is 0 Å². The van der Waals surface area contributed by atoms with E-state index in [4.69, 9.17) is 10.5 Å². The van der Waals surface area contributed by atoms with E-state index in [2.05, 4.69) is 21.8 Å². The van der Waals surface area contributed by atoms with Crippen molar-refractivity contribution in [3.63, 3.8) is 0 Å². The first kappa shape index (κ1) is 14.1. The summed E-state index contributed by atoms with van der Waals surface area (Å²) in [7, 11) is 1.64. The third-order valence-electron chi connectivity index (χ3n) is 3.80. The highest BCUT2D eigenvalue weighted by Gasteiger charge is 2.17. The van der Waals surface area contributed by atoms with Crippen molar-refractivity contribution in [1.29, 1.82) is 0 Å². The normalized spacial score (nSPS) is 20.3. The maximum atomic E-state index is 5.86. The molecule has 1 aliphatic heterocycles. The van der Waals surface area contributed by atoms with Gasteiger partial charge in [-0.2, -0.15) is 0 Å². The molecule has 0 radical (unpaired) electrons. The van der Waals surface area contributed by atoms with E-state index in [1.165, 1.54) is 25.7 Å². The summed E-state index contributed by atoms with van der Waals surface area (Å²) in [4.78, 5) is 11.1. The third kappa shape index (κ3) is 3.80. The van der Waals surface area contributed by atoms with Gasteiger partial charge in [0.05, 0.1) is 0 Å². The largest absolute Gasteiger partial charge is 0.384 e. The highest BCUT2D eigenvalue weighted by Crippen LogP contribution is 2.24. The van der Waals surface area contributed by atoms with Crippen molar-refractivity contribution in [3.8, 4) is 0 Å². The molecule has 1 unspecified atom stereocenters. The van der Waals surface area contributed by atoms with Gasteiger partial charge in [0, 0.05) is 26.3 Å². The Kier molecular flexibility index (Phi) is 4.96. The van der Waals surface area contributed by atoms with Gasteiger partial charge in [0.15, 0.2) is 5.82 Å². The number of methoxy groups -OCH3 is 1. The lowest BCUT2D eigenvalue weighted by molar-refractivity contribution is 0.178. The SMILES string of the molecule is CCC1CCCN(c2cc(N)nc(COC)n2)CC1. The van der Waals surface area contributed by atoms with Crippen LogP contribution in [0.4, 0.5) is 11.6 Å². The molecule has 0 spiro atoms. The van der Waals surface area contributed by atoms with E-state index < -0.39 is 0 Å². The maximum absolute atomic E-state index is 5.86. The predicted molar refractivity (Wildman–Crippen MR) is 77.0 cm³/mol. The first-order valence-corrected chi connectivity index (χ1v) is 7.10. The second kappa shape index (κ2) is 6.70. The molecule has 1 aliphatic rings. The fourth-order valence-corrected chi connectivity index (χ4v) is 2.66. The standard InChI is InChI=1S/C14H24N4O/c1-3-11-5-4-7-18(8-6-11)14-9-12(15)16-13(17-14)10-19-2/h9,11H,3-8,10H2,1-2H3,(H2,15,16,17). The summed E-state index contributed by atoms with van der Waals surface area (Å²) in [6, 6.07) is 1.87. The van der Waals surface area contributed by atoms with Crippen molar-refractivity contribution < 1.29 is 4.74 Å². The van der Waals surface area contributed by atoms with Crippen LogP contribution in [0.15, 0.2) is 6.07 Å². The van der Waals surface area contributed by atoms with Gasteiger partial charge in [-0.3, -0.25) is 0 Å². The number of hydrogen-bond acceptors (Lipinski definition) is 5. The van der Waals surface area contributed by atoms with E-state index in [9.17, 15) is 0 Å². The predicted octanol–water partition coefficient (Wildman–Crippen LogP) is 2.22. The maximum Gasteiger partial charge on any atom is 0.158 e. The van der Waals surface area contributed by atoms with E-state index in [1.54, 1.807) is 7.11 Å². The smallest absolute Gasteiger partial charge is 0.158 e. The van der Waals surface area contributed by atoms with E-state index in [1.807, 2.05) is 6.07 Å². The first-order valence-electron chi connectivity index (χ1n) is 7.10. The quantitative estimate of drug-likeness (QED) is 0.903. The topological polar surface area (TPSA) is 64.3 Å². The van der Waals surface area contributed by atoms with Gasteiger partial charge in [-0.15, -0.1) is 0 Å². The number of nitrogens with zero attached hydrogens (tertiary/aromatic N) is 3. The molecule has 5 nitrogen and oxygen atoms in total. The first-order chi connectivity index (χ1) is 9.22. The summed E-state index contributed by atoms with van der Waals surface area (Å²) < 4.78 is 5.09. The van der Waals surface area contributed by atoms with E-state index in [0.717, 1.165) is 24.8 Å². The minimum atomic E-state index is 0.406. The van der Waals surface area contributed by atoms with Gasteiger partial charge in [-0.05, 0) is 25.2 Å². The molecule has 0 amide bonds. The van der Waals surface area contributed by atoms with Gasteiger partial charge in [0.1, 0.15) is 18.2 Å². The molecule has 2 N–H and O–H groups in total. The molecule has 5 heteroatoms. The molecule has 2 rings (SSSR count). The van der Waals surface area contributed by atoms with Crippen molar-refractivity contribution in [2.24, 2.45) is 5.92 Å². The Morgan fingerprint density at radius 1 is 1.37 bits per heavy atom. The summed E-state index contributed by atoms with van der Waals surface area (Å²) in [5.74, 6) is 2.97. The molecular weight excluding hydrogens is 240 g/mol. The number of nitrogen functional groups attached to an aromatic ring is 1. The third-order valence-corrected chi connectivity index (χ3v) is 3.80. The van der Waals surface area contributed by atoms with Gasteiger partial charge in [-0.25, -0.2) is 9.97 Å². The molecule has 2 heterocycles. The zero-order chi connectivity index (χ0) is 13.7.